The zero-order valence-corrected chi connectivity index (χ0v) is 11.0. The van der Waals surface area contributed by atoms with E-state index in [1.165, 1.54) is 14.2 Å². The molecule has 0 aliphatic heterocycles. The van der Waals surface area contributed by atoms with Crippen LogP contribution in [0.5, 0.6) is 0 Å². The van der Waals surface area contributed by atoms with Gasteiger partial charge in [-0.05, 0) is 6.04 Å². The van der Waals surface area contributed by atoms with Crippen LogP contribution in [-0.2, 0) is 14.9 Å². The molecule has 0 aromatic heterocycles. The standard InChI is InChI=1S/C11H15F3O2Si/c1-4-17(15-2,16-3)7-9-10(13)5-8(12)6-11(9)14/h5-6H,4,7H2,1-3H3. The van der Waals surface area contributed by atoms with Gasteiger partial charge in [-0.3, -0.25) is 0 Å². The maximum absolute atomic E-state index is 13.5. The average molecular weight is 264 g/mol. The lowest BCUT2D eigenvalue weighted by atomic mass is 10.2. The average Bonchev–Trinajstić information content (AvgIpc) is 2.29. The first-order chi connectivity index (χ1) is 7.98. The second-order valence-electron chi connectivity index (χ2n) is 3.70. The Bertz CT molecular complexity index is 363. The number of benzene rings is 1. The second kappa shape index (κ2) is 5.66. The van der Waals surface area contributed by atoms with E-state index in [9.17, 15) is 13.2 Å². The van der Waals surface area contributed by atoms with Crippen LogP contribution in [0, 0.1) is 17.5 Å². The van der Waals surface area contributed by atoms with Gasteiger partial charge in [0.2, 0.25) is 0 Å². The summed E-state index contributed by atoms with van der Waals surface area (Å²) in [5, 5.41) is 0. The topological polar surface area (TPSA) is 18.5 Å². The third-order valence-corrected chi connectivity index (χ3v) is 6.29. The minimum absolute atomic E-state index is 0.0223. The molecule has 0 bridgehead atoms. The van der Waals surface area contributed by atoms with E-state index < -0.39 is 26.0 Å². The predicted octanol–water partition coefficient (Wildman–Crippen LogP) is 2.94. The predicted molar refractivity (Wildman–Crippen MR) is 60.3 cm³/mol. The Kier molecular flexibility index (Phi) is 4.73. The van der Waals surface area contributed by atoms with E-state index >= 15 is 0 Å². The first-order valence-corrected chi connectivity index (χ1v) is 7.44. The van der Waals surface area contributed by atoms with E-state index in [0.717, 1.165) is 0 Å². The van der Waals surface area contributed by atoms with Gasteiger partial charge in [0.15, 0.2) is 0 Å². The summed E-state index contributed by atoms with van der Waals surface area (Å²) in [4.78, 5) is 0. The highest BCUT2D eigenvalue weighted by atomic mass is 28.4. The molecule has 0 aliphatic carbocycles. The summed E-state index contributed by atoms with van der Waals surface area (Å²) in [5.74, 6) is -2.73. The van der Waals surface area contributed by atoms with Gasteiger partial charge in [0, 0.05) is 38.0 Å². The molecule has 0 spiro atoms. The first-order valence-electron chi connectivity index (χ1n) is 5.21. The summed E-state index contributed by atoms with van der Waals surface area (Å²) in [6.07, 6.45) is 0. The third kappa shape index (κ3) is 3.08. The molecule has 17 heavy (non-hydrogen) atoms. The molecule has 1 aromatic carbocycles. The van der Waals surface area contributed by atoms with E-state index in [-0.39, 0.29) is 11.6 Å². The van der Waals surface area contributed by atoms with Crippen molar-refractivity contribution in [3.63, 3.8) is 0 Å². The van der Waals surface area contributed by atoms with Gasteiger partial charge in [0.05, 0.1) is 0 Å². The number of hydrogen-bond acceptors (Lipinski definition) is 2. The van der Waals surface area contributed by atoms with Crippen molar-refractivity contribution in [1.29, 1.82) is 0 Å². The van der Waals surface area contributed by atoms with Crippen LogP contribution in [0.15, 0.2) is 12.1 Å². The molecule has 0 N–H and O–H groups in total. The Morgan fingerprint density at radius 2 is 1.53 bits per heavy atom. The van der Waals surface area contributed by atoms with Crippen LogP contribution in [0.25, 0.3) is 0 Å². The molecule has 0 saturated heterocycles. The molecule has 0 amide bonds. The van der Waals surface area contributed by atoms with Crippen LogP contribution < -0.4 is 0 Å². The van der Waals surface area contributed by atoms with E-state index in [1.807, 2.05) is 6.92 Å². The van der Waals surface area contributed by atoms with E-state index in [4.69, 9.17) is 8.85 Å². The van der Waals surface area contributed by atoms with Gasteiger partial charge in [-0.25, -0.2) is 13.2 Å². The van der Waals surface area contributed by atoms with Crippen LogP contribution in [0.3, 0.4) is 0 Å². The molecule has 0 radical (unpaired) electrons. The number of rotatable bonds is 5. The first kappa shape index (κ1) is 14.2. The molecule has 6 heteroatoms. The van der Waals surface area contributed by atoms with Gasteiger partial charge in [-0.15, -0.1) is 0 Å². The van der Waals surface area contributed by atoms with Gasteiger partial charge < -0.3 is 8.85 Å². The van der Waals surface area contributed by atoms with Crippen molar-refractivity contribution in [1.82, 2.24) is 0 Å². The van der Waals surface area contributed by atoms with Crippen LogP contribution in [0.2, 0.25) is 6.04 Å². The molecule has 0 saturated carbocycles. The van der Waals surface area contributed by atoms with Crippen molar-refractivity contribution in [2.45, 2.75) is 19.0 Å². The smallest absolute Gasteiger partial charge is 0.342 e. The third-order valence-electron chi connectivity index (χ3n) is 2.83. The van der Waals surface area contributed by atoms with Crippen LogP contribution in [0.4, 0.5) is 13.2 Å². The Labute approximate surface area is 99.6 Å². The van der Waals surface area contributed by atoms with Gasteiger partial charge in [-0.2, -0.15) is 0 Å². The zero-order valence-electron chi connectivity index (χ0n) is 10.0. The molecule has 1 aromatic rings. The lowest BCUT2D eigenvalue weighted by Crippen LogP contribution is -2.42. The SMILES string of the molecule is CC[Si](Cc1c(F)cc(F)cc1F)(OC)OC. The van der Waals surface area contributed by atoms with Gasteiger partial charge in [0.1, 0.15) is 17.5 Å². The normalized spacial score (nSPS) is 11.9. The highest BCUT2D eigenvalue weighted by Gasteiger charge is 2.35. The van der Waals surface area contributed by atoms with E-state index in [2.05, 4.69) is 0 Å². The van der Waals surface area contributed by atoms with Crippen molar-refractivity contribution in [2.75, 3.05) is 14.2 Å². The molecule has 0 atom stereocenters. The molecule has 1 rings (SSSR count). The van der Waals surface area contributed by atoms with Crippen LogP contribution in [-0.4, -0.2) is 22.8 Å². The van der Waals surface area contributed by atoms with Crippen LogP contribution in [0.1, 0.15) is 12.5 Å². The van der Waals surface area contributed by atoms with Crippen molar-refractivity contribution < 1.29 is 22.0 Å². The van der Waals surface area contributed by atoms with Crippen molar-refractivity contribution >= 4 is 8.56 Å². The van der Waals surface area contributed by atoms with Crippen molar-refractivity contribution in [2.24, 2.45) is 0 Å². The highest BCUT2D eigenvalue weighted by Crippen LogP contribution is 2.23. The summed E-state index contributed by atoms with van der Waals surface area (Å²) >= 11 is 0. The lowest BCUT2D eigenvalue weighted by molar-refractivity contribution is 0.241. The van der Waals surface area contributed by atoms with E-state index in [0.29, 0.717) is 18.2 Å². The van der Waals surface area contributed by atoms with Gasteiger partial charge in [0.25, 0.3) is 0 Å². The fraction of sp³-hybridized carbons (Fsp3) is 0.455. The molecular formula is C11H15F3O2Si. The van der Waals surface area contributed by atoms with E-state index in [1.54, 1.807) is 0 Å². The van der Waals surface area contributed by atoms with Crippen molar-refractivity contribution in [3.8, 4) is 0 Å². The summed E-state index contributed by atoms with van der Waals surface area (Å²) in [5.41, 5.74) is -0.177. The second-order valence-corrected chi connectivity index (χ2v) is 7.40. The molecule has 0 unspecified atom stereocenters. The maximum atomic E-state index is 13.5. The Morgan fingerprint density at radius 1 is 1.06 bits per heavy atom. The molecule has 0 aliphatic rings. The number of hydrogen-bond donors (Lipinski definition) is 0. The summed E-state index contributed by atoms with van der Waals surface area (Å²) in [6, 6.07) is 1.90. The minimum Gasteiger partial charge on any atom is -0.397 e. The molecular weight excluding hydrogens is 249 g/mol. The summed E-state index contributed by atoms with van der Waals surface area (Å²) in [7, 11) is 0.273. The van der Waals surface area contributed by atoms with Gasteiger partial charge in [-0.1, -0.05) is 6.92 Å². The van der Waals surface area contributed by atoms with Crippen LogP contribution >= 0.6 is 0 Å². The summed E-state index contributed by atoms with van der Waals surface area (Å²) < 4.78 is 50.3. The lowest BCUT2D eigenvalue weighted by Gasteiger charge is -2.26. The Morgan fingerprint density at radius 3 is 1.88 bits per heavy atom. The molecule has 0 fully saturated rings. The Hall–Kier alpha value is -0.853. The Balaban J connectivity index is 3.09. The molecule has 96 valence electrons. The fourth-order valence-electron chi connectivity index (χ4n) is 1.65. The van der Waals surface area contributed by atoms with Crippen molar-refractivity contribution in [3.05, 3.63) is 35.1 Å². The zero-order chi connectivity index (χ0) is 13.1. The van der Waals surface area contributed by atoms with Gasteiger partial charge >= 0.3 is 8.56 Å². The summed E-state index contributed by atoms with van der Waals surface area (Å²) in [6.45, 7) is 1.83. The quantitative estimate of drug-likeness (QED) is 0.761. The largest absolute Gasteiger partial charge is 0.397 e. The monoisotopic (exact) mass is 264 g/mol. The highest BCUT2D eigenvalue weighted by molar-refractivity contribution is 6.66. The molecule has 2 nitrogen and oxygen atoms in total. The molecule has 0 heterocycles. The number of halogens is 3. The fourth-order valence-corrected chi connectivity index (χ4v) is 3.81. The maximum Gasteiger partial charge on any atom is 0.342 e. The minimum atomic E-state index is -2.64.